The maximum Gasteiger partial charge on any atom is 0.320 e. The summed E-state index contributed by atoms with van der Waals surface area (Å²) in [5.74, 6) is -0.910. The van der Waals surface area contributed by atoms with E-state index in [1.165, 1.54) is 0 Å². The van der Waals surface area contributed by atoms with Gasteiger partial charge in [0.05, 0.1) is 12.5 Å². The topological polar surface area (TPSA) is 86.4 Å². The summed E-state index contributed by atoms with van der Waals surface area (Å²) in [7, 11) is 0. The first-order chi connectivity index (χ1) is 5.29. The molecule has 0 aromatic heterocycles. The highest BCUT2D eigenvalue weighted by Crippen LogP contribution is 1.96. The van der Waals surface area contributed by atoms with Crippen LogP contribution in [0.1, 0.15) is 13.8 Å². The van der Waals surface area contributed by atoms with Crippen molar-refractivity contribution in [1.82, 2.24) is 0 Å². The molecule has 0 aliphatic heterocycles. The van der Waals surface area contributed by atoms with Crippen LogP contribution < -0.4 is 5.73 Å². The smallest absolute Gasteiger partial charge is 0.320 e. The van der Waals surface area contributed by atoms with Gasteiger partial charge in [-0.15, -0.1) is 0 Å². The first-order valence-electron chi connectivity index (χ1n) is 3.52. The molecule has 0 aliphatic carbocycles. The highest BCUT2D eigenvalue weighted by Gasteiger charge is 2.14. The van der Waals surface area contributed by atoms with Gasteiger partial charge in [0.15, 0.2) is 0 Å². The number of carboxylic acids is 1. The summed E-state index contributed by atoms with van der Waals surface area (Å²) in [5.41, 5.74) is 5.16. The van der Waals surface area contributed by atoms with E-state index in [2.05, 4.69) is 0 Å². The van der Waals surface area contributed by atoms with Gasteiger partial charge in [-0.2, -0.15) is 0 Å². The average Bonchev–Trinajstić information content (AvgIpc) is 1.84. The summed E-state index contributed by atoms with van der Waals surface area (Å²) in [6.45, 7) is 3.55. The maximum absolute atomic E-state index is 10.0. The van der Waals surface area contributed by atoms with E-state index in [1.807, 2.05) is 0 Å². The lowest BCUT2D eigenvalue weighted by atomic mass is 10.1. The molecule has 74 valence electrons. The second-order valence-corrected chi connectivity index (χ2v) is 4.33. The lowest BCUT2D eigenvalue weighted by Gasteiger charge is -2.07. The summed E-state index contributed by atoms with van der Waals surface area (Å²) < 4.78 is 9.56. The molecule has 4 nitrogen and oxygen atoms in total. The fourth-order valence-corrected chi connectivity index (χ4v) is 0.285. The Balaban J connectivity index is 0. The van der Waals surface area contributed by atoms with E-state index in [-0.39, 0.29) is 5.92 Å². The highest BCUT2D eigenvalue weighted by atomic mass is 32.2. The standard InChI is InChI=1S/C5H11NO2.C2H6OS/c1-3(2)4(6)5(7)8;1-4(2)3/h3-4H,6H2,1-2H3,(H,7,8);1-2H3. The van der Waals surface area contributed by atoms with Crippen LogP contribution in [-0.4, -0.2) is 34.2 Å². The molecule has 0 aromatic carbocycles. The molecule has 12 heavy (non-hydrogen) atoms. The second kappa shape index (κ2) is 7.39. The molecule has 0 aromatic rings. The number of carbonyl (C=O) groups is 1. The Hall–Kier alpha value is -0.260. The van der Waals surface area contributed by atoms with Crippen molar-refractivity contribution < 1.29 is 14.5 Å². The van der Waals surface area contributed by atoms with Gasteiger partial charge in [0.1, 0.15) is 6.04 Å². The number of aliphatic carboxylic acids is 1. The van der Waals surface area contributed by atoms with Gasteiger partial charge in [-0.3, -0.25) is 4.79 Å². The van der Waals surface area contributed by atoms with Gasteiger partial charge >= 0.3 is 5.97 Å². The van der Waals surface area contributed by atoms with Crippen LogP contribution in [0.4, 0.5) is 0 Å². The Morgan fingerprint density at radius 3 is 1.75 bits per heavy atom. The third kappa shape index (κ3) is 12.4. The Labute approximate surface area is 76.3 Å². The largest absolute Gasteiger partial charge is 0.617 e. The molecule has 0 radical (unpaired) electrons. The molecule has 0 heterocycles. The van der Waals surface area contributed by atoms with Crippen LogP contribution in [0.2, 0.25) is 0 Å². The van der Waals surface area contributed by atoms with Gasteiger partial charge in [0, 0.05) is 0 Å². The average molecular weight is 195 g/mol. The maximum atomic E-state index is 10.0. The lowest BCUT2D eigenvalue weighted by Crippen LogP contribution is -2.34. The molecular formula is C7H17NO3S. The molecular weight excluding hydrogens is 178 g/mol. The van der Waals surface area contributed by atoms with Crippen LogP contribution in [0.5, 0.6) is 0 Å². The molecule has 1 unspecified atom stereocenters. The van der Waals surface area contributed by atoms with E-state index < -0.39 is 23.2 Å². The highest BCUT2D eigenvalue weighted by molar-refractivity contribution is 7.89. The molecule has 5 heteroatoms. The molecule has 0 saturated heterocycles. The zero-order valence-corrected chi connectivity index (χ0v) is 8.72. The fraction of sp³-hybridized carbons (Fsp3) is 0.857. The fourth-order valence-electron chi connectivity index (χ4n) is 0.285. The minimum absolute atomic E-state index is 0.0208. The van der Waals surface area contributed by atoms with Crippen molar-refractivity contribution in [2.45, 2.75) is 19.9 Å². The normalized spacial score (nSPS) is 12.3. The van der Waals surface area contributed by atoms with Gasteiger partial charge in [-0.1, -0.05) is 25.0 Å². The van der Waals surface area contributed by atoms with E-state index in [4.69, 9.17) is 10.8 Å². The Morgan fingerprint density at radius 2 is 1.75 bits per heavy atom. The molecule has 0 rings (SSSR count). The number of nitrogens with two attached hydrogens (primary N) is 1. The summed E-state index contributed by atoms with van der Waals surface area (Å²) in [6.07, 6.45) is 3.28. The molecule has 3 N–H and O–H groups in total. The van der Waals surface area contributed by atoms with Crippen molar-refractivity contribution in [2.75, 3.05) is 12.5 Å². The number of hydrogen-bond acceptors (Lipinski definition) is 3. The van der Waals surface area contributed by atoms with Crippen LogP contribution in [0, 0.1) is 5.92 Å². The van der Waals surface area contributed by atoms with E-state index in [1.54, 1.807) is 26.4 Å². The monoisotopic (exact) mass is 195 g/mol. The van der Waals surface area contributed by atoms with Crippen molar-refractivity contribution in [3.8, 4) is 0 Å². The van der Waals surface area contributed by atoms with E-state index in [9.17, 15) is 9.35 Å². The van der Waals surface area contributed by atoms with Crippen molar-refractivity contribution in [1.29, 1.82) is 0 Å². The molecule has 0 saturated carbocycles. The first-order valence-corrected chi connectivity index (χ1v) is 5.49. The summed E-state index contributed by atoms with van der Waals surface area (Å²) in [4.78, 5) is 10.0. The molecule has 0 bridgehead atoms. The zero-order chi connectivity index (χ0) is 10.3. The van der Waals surface area contributed by atoms with Crippen molar-refractivity contribution in [3.05, 3.63) is 0 Å². The van der Waals surface area contributed by atoms with Crippen LogP contribution >= 0.6 is 0 Å². The van der Waals surface area contributed by atoms with Crippen molar-refractivity contribution >= 4 is 17.1 Å². The number of carboxylic acid groups (broad SMARTS) is 1. The molecule has 0 spiro atoms. The number of hydrogen-bond donors (Lipinski definition) is 2. The first kappa shape index (κ1) is 14.3. The quantitative estimate of drug-likeness (QED) is 0.609. The summed E-state index contributed by atoms with van der Waals surface area (Å²) in [6, 6.07) is -0.713. The Kier molecular flexibility index (Phi) is 8.79. The Bertz CT molecular complexity index is 125. The van der Waals surface area contributed by atoms with Crippen LogP contribution in [-0.2, 0) is 16.0 Å². The summed E-state index contributed by atoms with van der Waals surface area (Å²) in [5, 5.41) is 8.23. The van der Waals surface area contributed by atoms with E-state index in [0.717, 1.165) is 0 Å². The minimum Gasteiger partial charge on any atom is -0.617 e. The zero-order valence-electron chi connectivity index (χ0n) is 7.90. The van der Waals surface area contributed by atoms with Gasteiger partial charge in [-0.25, -0.2) is 0 Å². The van der Waals surface area contributed by atoms with Crippen LogP contribution in [0.15, 0.2) is 0 Å². The lowest BCUT2D eigenvalue weighted by molar-refractivity contribution is -0.139. The minimum atomic E-state index is -0.931. The van der Waals surface area contributed by atoms with E-state index in [0.29, 0.717) is 0 Å². The van der Waals surface area contributed by atoms with Gasteiger partial charge in [-0.05, 0) is 5.92 Å². The number of rotatable bonds is 2. The third-order valence-corrected chi connectivity index (χ3v) is 1.00. The SMILES string of the molecule is CC(C)C(N)C(=O)O.C[S+](C)[O-]. The van der Waals surface area contributed by atoms with Gasteiger partial charge in [0.25, 0.3) is 0 Å². The summed E-state index contributed by atoms with van der Waals surface area (Å²) >= 11 is -0.611. The predicted molar refractivity (Wildman–Crippen MR) is 50.4 cm³/mol. The van der Waals surface area contributed by atoms with Crippen molar-refractivity contribution in [3.63, 3.8) is 0 Å². The molecule has 0 fully saturated rings. The second-order valence-electron chi connectivity index (χ2n) is 2.85. The molecule has 0 amide bonds. The van der Waals surface area contributed by atoms with Crippen molar-refractivity contribution in [2.24, 2.45) is 11.7 Å². The van der Waals surface area contributed by atoms with Gasteiger partial charge < -0.3 is 15.4 Å². The Morgan fingerprint density at radius 1 is 1.50 bits per heavy atom. The third-order valence-electron chi connectivity index (χ3n) is 1.00. The molecule has 1 atom stereocenters. The van der Waals surface area contributed by atoms with E-state index >= 15 is 0 Å². The van der Waals surface area contributed by atoms with Gasteiger partial charge in [0.2, 0.25) is 0 Å². The van der Waals surface area contributed by atoms with Crippen LogP contribution in [0.25, 0.3) is 0 Å². The predicted octanol–water partition coefficient (Wildman–Crippen LogP) is 0.0490. The van der Waals surface area contributed by atoms with Crippen LogP contribution in [0.3, 0.4) is 0 Å². The molecule has 0 aliphatic rings.